The maximum atomic E-state index is 13.5. The monoisotopic (exact) mass is 555 g/mol. The first-order valence-corrected chi connectivity index (χ1v) is 12.7. The Morgan fingerprint density at radius 3 is 2.53 bits per heavy atom. The number of hydrogen-bond acceptors (Lipinski definition) is 10. The molecule has 1 atom stereocenters. The molecule has 182 valence electrons. The maximum Gasteiger partial charge on any atom is 0.203 e. The number of rotatable bonds is 9. The summed E-state index contributed by atoms with van der Waals surface area (Å²) < 4.78 is 42.2. The summed E-state index contributed by atoms with van der Waals surface area (Å²) in [5.74, 6) is 1.26. The topological polar surface area (TPSA) is 150 Å². The number of ether oxygens (including phenoxy) is 2. The van der Waals surface area contributed by atoms with Crippen LogP contribution in [0.15, 0.2) is 55.0 Å². The number of amidine groups is 1. The molecule has 3 rings (SSSR count). The minimum atomic E-state index is -2.15. The Morgan fingerprint density at radius 2 is 1.91 bits per heavy atom. The maximum absolute atomic E-state index is 13.5. The second kappa shape index (κ2) is 11.2. The summed E-state index contributed by atoms with van der Waals surface area (Å²) in [5.41, 5.74) is 1.14. The van der Waals surface area contributed by atoms with Crippen LogP contribution >= 0.6 is 15.9 Å². The Morgan fingerprint density at radius 1 is 1.21 bits per heavy atom. The van der Waals surface area contributed by atoms with Gasteiger partial charge in [0.1, 0.15) is 17.3 Å². The first kappa shape index (κ1) is 25.2. The summed E-state index contributed by atoms with van der Waals surface area (Å²) >= 11 is 3.10. The Balaban J connectivity index is 1.70. The zero-order valence-electron chi connectivity index (χ0n) is 18.5. The lowest BCUT2D eigenvalue weighted by molar-refractivity contribution is 0.305. The van der Waals surface area contributed by atoms with Crippen LogP contribution in [0.5, 0.6) is 11.5 Å². The summed E-state index contributed by atoms with van der Waals surface area (Å²) in [6, 6.07) is 9.40. The molecule has 34 heavy (non-hydrogen) atoms. The first-order valence-electron chi connectivity index (χ1n) is 9.72. The molecule has 0 bridgehead atoms. The number of hydrogen-bond donors (Lipinski definition) is 4. The van der Waals surface area contributed by atoms with E-state index in [1.807, 2.05) is 0 Å². The van der Waals surface area contributed by atoms with Gasteiger partial charge < -0.3 is 25.3 Å². The van der Waals surface area contributed by atoms with Crippen LogP contribution < -0.4 is 20.1 Å². The molecule has 4 N–H and O–H groups in total. The largest absolute Gasteiger partial charge is 0.497 e. The van der Waals surface area contributed by atoms with Gasteiger partial charge in [-0.25, -0.2) is 13.4 Å². The van der Waals surface area contributed by atoms with Crippen molar-refractivity contribution in [1.29, 1.82) is 4.78 Å². The second-order valence-electron chi connectivity index (χ2n) is 7.00. The highest BCUT2D eigenvalue weighted by Gasteiger charge is 2.18. The van der Waals surface area contributed by atoms with Gasteiger partial charge in [-0.2, -0.15) is 0 Å². The molecule has 0 aliphatic rings. The zero-order valence-corrected chi connectivity index (χ0v) is 20.9. The number of oxime groups is 1. The molecule has 1 unspecified atom stereocenters. The molecule has 1 aromatic heterocycles. The highest BCUT2D eigenvalue weighted by molar-refractivity contribution is 9.10. The van der Waals surface area contributed by atoms with Crippen LogP contribution in [0.2, 0.25) is 0 Å². The predicted octanol–water partition coefficient (Wildman–Crippen LogP) is 4.71. The van der Waals surface area contributed by atoms with Gasteiger partial charge in [0.15, 0.2) is 5.69 Å². The smallest absolute Gasteiger partial charge is 0.203 e. The fourth-order valence-corrected chi connectivity index (χ4v) is 4.33. The highest BCUT2D eigenvalue weighted by atomic mass is 79.9. The molecule has 0 aliphatic carbocycles. The molecule has 11 nitrogen and oxygen atoms in total. The van der Waals surface area contributed by atoms with E-state index in [0.29, 0.717) is 35.2 Å². The molecule has 0 radical (unpaired) electrons. The summed E-state index contributed by atoms with van der Waals surface area (Å²) in [6.45, 7) is 0.321. The number of anilines is 2. The van der Waals surface area contributed by atoms with Crippen LogP contribution in [0.4, 0.5) is 21.6 Å². The fourth-order valence-electron chi connectivity index (χ4n) is 2.79. The van der Waals surface area contributed by atoms with Crippen molar-refractivity contribution in [2.45, 2.75) is 0 Å². The summed E-state index contributed by atoms with van der Waals surface area (Å²) in [6.07, 6.45) is 1.75. The Labute approximate surface area is 204 Å². The number of aromatic nitrogens is 2. The summed E-state index contributed by atoms with van der Waals surface area (Å²) in [5, 5.41) is 26.1. The minimum Gasteiger partial charge on any atom is -0.497 e. The van der Waals surface area contributed by atoms with E-state index in [2.05, 4.69) is 46.4 Å². The van der Waals surface area contributed by atoms with E-state index < -0.39 is 15.4 Å². The molecule has 0 saturated heterocycles. The second-order valence-corrected chi connectivity index (χ2v) is 10.5. The van der Waals surface area contributed by atoms with Crippen molar-refractivity contribution in [3.8, 4) is 11.5 Å². The molecule has 0 saturated carbocycles. The van der Waals surface area contributed by atoms with Gasteiger partial charge in [0.05, 0.1) is 24.4 Å². The first-order chi connectivity index (χ1) is 16.2. The standard InChI is InChI=1S/C20H23BrFN7O4S/c1-31-14-8-13(9-15(11-14)32-2)29-34(3,23)7-6-24-19-18(27-33-28-19)20(26-30)25-12-4-5-17(22)16(21)10-12/h4-5,8-11,23,30H,6-7H2,1-3H3,(H,24,28)(H,25,26). The van der Waals surface area contributed by atoms with E-state index >= 15 is 0 Å². The van der Waals surface area contributed by atoms with Crippen molar-refractivity contribution in [1.82, 2.24) is 10.3 Å². The Hall–Kier alpha value is -3.39. The van der Waals surface area contributed by atoms with Crippen molar-refractivity contribution >= 4 is 48.6 Å². The zero-order chi connectivity index (χ0) is 24.7. The van der Waals surface area contributed by atoms with Crippen molar-refractivity contribution < 1.29 is 23.7 Å². The van der Waals surface area contributed by atoms with E-state index in [1.54, 1.807) is 38.7 Å². The highest BCUT2D eigenvalue weighted by Crippen LogP contribution is 2.28. The summed E-state index contributed by atoms with van der Waals surface area (Å²) in [7, 11) is 0.949. The molecule has 2 aromatic carbocycles. The number of nitrogens with zero attached hydrogens (tertiary/aromatic N) is 4. The molecule has 1 heterocycles. The molecular formula is C20H23BrFN7O4S. The van der Waals surface area contributed by atoms with Gasteiger partial charge in [-0.05, 0) is 44.4 Å². The van der Waals surface area contributed by atoms with Crippen LogP contribution in [0.3, 0.4) is 0 Å². The van der Waals surface area contributed by atoms with E-state index in [0.717, 1.165) is 0 Å². The minimum absolute atomic E-state index is 0.0589. The van der Waals surface area contributed by atoms with Gasteiger partial charge >= 0.3 is 0 Å². The quantitative estimate of drug-likeness (QED) is 0.128. The van der Waals surface area contributed by atoms with Crippen molar-refractivity contribution in [2.75, 3.05) is 43.4 Å². The van der Waals surface area contributed by atoms with Crippen LogP contribution in [-0.4, -0.2) is 54.1 Å². The van der Waals surface area contributed by atoms with E-state index in [9.17, 15) is 9.60 Å². The average molecular weight is 556 g/mol. The molecule has 0 aliphatic heterocycles. The third kappa shape index (κ3) is 6.57. The molecule has 0 fully saturated rings. The van der Waals surface area contributed by atoms with Gasteiger partial charge in [-0.1, -0.05) is 14.8 Å². The van der Waals surface area contributed by atoms with E-state index in [4.69, 9.17) is 18.9 Å². The summed E-state index contributed by atoms with van der Waals surface area (Å²) in [4.78, 5) is 0. The van der Waals surface area contributed by atoms with Crippen LogP contribution in [0.1, 0.15) is 5.69 Å². The molecule has 14 heteroatoms. The lowest BCUT2D eigenvalue weighted by Crippen LogP contribution is -2.19. The van der Waals surface area contributed by atoms with Crippen LogP contribution in [0.25, 0.3) is 0 Å². The van der Waals surface area contributed by atoms with Crippen molar-refractivity contribution in [3.05, 3.63) is 52.4 Å². The van der Waals surface area contributed by atoms with E-state index in [-0.39, 0.29) is 21.8 Å². The van der Waals surface area contributed by atoms with Gasteiger partial charge in [0.2, 0.25) is 11.7 Å². The Bertz CT molecular complexity index is 1290. The lowest BCUT2D eigenvalue weighted by Gasteiger charge is -2.11. The third-order valence-electron chi connectivity index (χ3n) is 4.43. The molecule has 3 aromatic rings. The fraction of sp³-hybridized carbons (Fsp3) is 0.250. The SMILES string of the molecule is COc1cc(N=S(C)(=N)CCNc2nonc2/C(=N/O)Nc2ccc(F)c(Br)c2)cc(OC)c1. The predicted molar refractivity (Wildman–Crippen MR) is 131 cm³/mol. The van der Waals surface area contributed by atoms with Crippen molar-refractivity contribution in [2.24, 2.45) is 9.52 Å². The van der Waals surface area contributed by atoms with E-state index in [1.165, 1.54) is 18.2 Å². The molecular weight excluding hydrogens is 533 g/mol. The number of methoxy groups -OCH3 is 2. The molecule has 0 spiro atoms. The number of halogens is 2. The third-order valence-corrected chi connectivity index (χ3v) is 6.65. The van der Waals surface area contributed by atoms with Gasteiger partial charge in [-0.3, -0.25) is 4.78 Å². The lowest BCUT2D eigenvalue weighted by atomic mass is 10.3. The number of nitrogens with one attached hydrogen (secondary N) is 3. The van der Waals surface area contributed by atoms with Crippen LogP contribution in [0, 0.1) is 10.6 Å². The molecule has 0 amide bonds. The van der Waals surface area contributed by atoms with Gasteiger partial charge in [0.25, 0.3) is 0 Å². The Kier molecular flexibility index (Phi) is 8.28. The van der Waals surface area contributed by atoms with Crippen molar-refractivity contribution in [3.63, 3.8) is 0 Å². The van der Waals surface area contributed by atoms with Crippen LogP contribution in [-0.2, 0) is 9.62 Å². The average Bonchev–Trinajstić information content (AvgIpc) is 3.27. The van der Waals surface area contributed by atoms with Gasteiger partial charge in [-0.15, -0.1) is 0 Å². The van der Waals surface area contributed by atoms with Gasteiger partial charge in [0, 0.05) is 42.4 Å². The number of benzene rings is 2. The normalized spacial score (nSPS) is 13.1.